The van der Waals surface area contributed by atoms with E-state index in [0.717, 1.165) is 28.4 Å². The molecule has 0 aliphatic rings. The lowest BCUT2D eigenvalue weighted by molar-refractivity contribution is 0.174. The molecule has 170 valence electrons. The maximum Gasteiger partial charge on any atom is 0.404 e. The number of benzene rings is 1. The Morgan fingerprint density at radius 2 is 1.94 bits per heavy atom. The molecule has 1 atom stereocenters. The third-order valence-electron chi connectivity index (χ3n) is 5.02. The molecule has 0 spiro atoms. The molecule has 0 aliphatic carbocycles. The average Bonchev–Trinajstić information content (AvgIpc) is 3.13. The van der Waals surface area contributed by atoms with Crippen LogP contribution in [0.15, 0.2) is 59.9 Å². The molecule has 0 radical (unpaired) electrons. The number of amides is 1. The highest BCUT2D eigenvalue weighted by Gasteiger charge is 2.29. The van der Waals surface area contributed by atoms with Crippen molar-refractivity contribution in [2.75, 3.05) is 0 Å². The molecule has 0 saturated heterocycles. The lowest BCUT2D eigenvalue weighted by Crippen LogP contribution is -2.44. The van der Waals surface area contributed by atoms with Crippen LogP contribution in [0, 0.1) is 17.0 Å². The summed E-state index contributed by atoms with van der Waals surface area (Å²) in [5.41, 5.74) is -0.372. The van der Waals surface area contributed by atoms with Crippen LogP contribution in [-0.2, 0) is 16.4 Å². The number of nitrogens with zero attached hydrogens (tertiary/aromatic N) is 2. The number of halogens is 2. The van der Waals surface area contributed by atoms with Crippen LogP contribution >= 0.6 is 0 Å². The summed E-state index contributed by atoms with van der Waals surface area (Å²) in [6.45, 7) is 5.51. The second-order valence-electron chi connectivity index (χ2n) is 8.42. The number of nitrogens with one attached hydrogen (secondary N) is 1. The fourth-order valence-corrected chi connectivity index (χ4v) is 4.63. The maximum absolute atomic E-state index is 14.6. The molecule has 0 fully saturated rings. The van der Waals surface area contributed by atoms with Crippen molar-refractivity contribution in [2.24, 2.45) is 5.41 Å². The van der Waals surface area contributed by atoms with Crippen LogP contribution in [0.25, 0.3) is 11.3 Å². The van der Waals surface area contributed by atoms with E-state index in [0.29, 0.717) is 5.56 Å². The molecular weight excluding hydrogens is 440 g/mol. The van der Waals surface area contributed by atoms with Gasteiger partial charge in [-0.2, -0.15) is 0 Å². The molecule has 3 rings (SSSR count). The largest absolute Gasteiger partial charge is 0.465 e. The van der Waals surface area contributed by atoms with E-state index in [1.807, 2.05) is 20.8 Å². The first kappa shape index (κ1) is 23.4. The maximum atomic E-state index is 14.6. The van der Waals surface area contributed by atoms with Gasteiger partial charge in [-0.25, -0.2) is 26.0 Å². The molecule has 1 amide bonds. The first-order chi connectivity index (χ1) is 14.9. The molecule has 2 heterocycles. The third-order valence-corrected chi connectivity index (χ3v) is 6.68. The van der Waals surface area contributed by atoms with E-state index >= 15 is 0 Å². The van der Waals surface area contributed by atoms with E-state index in [2.05, 4.69) is 10.3 Å². The van der Waals surface area contributed by atoms with Gasteiger partial charge in [0.05, 0.1) is 5.69 Å². The van der Waals surface area contributed by atoms with E-state index in [1.165, 1.54) is 30.6 Å². The molecule has 1 unspecified atom stereocenters. The topological polar surface area (TPSA) is 101 Å². The van der Waals surface area contributed by atoms with Gasteiger partial charge < -0.3 is 10.4 Å². The van der Waals surface area contributed by atoms with Crippen LogP contribution < -0.4 is 5.32 Å². The van der Waals surface area contributed by atoms with Crippen LogP contribution in [0.4, 0.5) is 13.6 Å². The van der Waals surface area contributed by atoms with Gasteiger partial charge in [0.1, 0.15) is 16.5 Å². The van der Waals surface area contributed by atoms with Crippen LogP contribution in [0.1, 0.15) is 26.3 Å². The Kier molecular flexibility index (Phi) is 6.36. The Morgan fingerprint density at radius 3 is 2.53 bits per heavy atom. The standard InChI is InChI=1S/C22H23F2N3O4S/c1-22(2,3)20(26-21(28)29)10-14-9-19(17-11-15(23)6-7-18(17)24)27(13-14)32(30,31)16-5-4-8-25-12-16/h4-9,11-13,20,26H,10H2,1-3H3,(H,28,29). The summed E-state index contributed by atoms with van der Waals surface area (Å²) in [6.07, 6.45) is 2.78. The second kappa shape index (κ2) is 8.70. The number of carbonyl (C=O) groups is 1. The van der Waals surface area contributed by atoms with Gasteiger partial charge in [0, 0.05) is 30.2 Å². The Balaban J connectivity index is 2.18. The zero-order valence-corrected chi connectivity index (χ0v) is 18.5. The number of pyridine rings is 1. The van der Waals surface area contributed by atoms with Crippen molar-refractivity contribution in [3.8, 4) is 11.3 Å². The van der Waals surface area contributed by atoms with Gasteiger partial charge in [-0.05, 0) is 53.8 Å². The van der Waals surface area contributed by atoms with Gasteiger partial charge in [-0.1, -0.05) is 20.8 Å². The minimum absolute atomic E-state index is 0.0798. The Morgan fingerprint density at radius 1 is 1.22 bits per heavy atom. The number of hydrogen-bond acceptors (Lipinski definition) is 4. The highest BCUT2D eigenvalue weighted by molar-refractivity contribution is 7.90. The van der Waals surface area contributed by atoms with Crippen molar-refractivity contribution < 1.29 is 27.1 Å². The molecule has 0 aliphatic heterocycles. The molecule has 10 heteroatoms. The van der Waals surface area contributed by atoms with Gasteiger partial charge in [0.25, 0.3) is 10.0 Å². The fourth-order valence-electron chi connectivity index (χ4n) is 3.27. The monoisotopic (exact) mass is 463 g/mol. The normalized spacial score (nSPS) is 13.0. The summed E-state index contributed by atoms with van der Waals surface area (Å²) < 4.78 is 55.9. The molecule has 3 aromatic rings. The minimum atomic E-state index is -4.19. The molecule has 2 aromatic heterocycles. The first-order valence-corrected chi connectivity index (χ1v) is 11.2. The zero-order valence-electron chi connectivity index (χ0n) is 17.7. The molecule has 1 aromatic carbocycles. The number of aromatic nitrogens is 2. The van der Waals surface area contributed by atoms with Crippen LogP contribution in [0.5, 0.6) is 0 Å². The minimum Gasteiger partial charge on any atom is -0.465 e. The van der Waals surface area contributed by atoms with E-state index in [-0.39, 0.29) is 22.6 Å². The van der Waals surface area contributed by atoms with E-state index in [1.54, 1.807) is 0 Å². The summed E-state index contributed by atoms with van der Waals surface area (Å²) >= 11 is 0. The Bertz CT molecular complexity index is 1240. The molecule has 2 N–H and O–H groups in total. The van der Waals surface area contributed by atoms with Crippen molar-refractivity contribution in [1.82, 2.24) is 14.3 Å². The van der Waals surface area contributed by atoms with Crippen LogP contribution in [0.2, 0.25) is 0 Å². The average molecular weight is 464 g/mol. The lowest BCUT2D eigenvalue weighted by Gasteiger charge is -2.30. The van der Waals surface area contributed by atoms with Crippen molar-refractivity contribution in [3.05, 3.63) is 72.2 Å². The van der Waals surface area contributed by atoms with Gasteiger partial charge in [0.2, 0.25) is 0 Å². The number of hydrogen-bond donors (Lipinski definition) is 2. The predicted molar refractivity (Wildman–Crippen MR) is 115 cm³/mol. The third kappa shape index (κ3) is 4.96. The molecular formula is C22H23F2N3O4S. The molecule has 7 nitrogen and oxygen atoms in total. The number of rotatable bonds is 6. The van der Waals surface area contributed by atoms with Crippen LogP contribution in [0.3, 0.4) is 0 Å². The first-order valence-electron chi connectivity index (χ1n) is 9.71. The smallest absolute Gasteiger partial charge is 0.404 e. The van der Waals surface area contributed by atoms with E-state index < -0.39 is 39.2 Å². The van der Waals surface area contributed by atoms with Gasteiger partial charge in [0.15, 0.2) is 0 Å². The Labute approximate surface area is 184 Å². The summed E-state index contributed by atoms with van der Waals surface area (Å²) in [5.74, 6) is -1.52. The zero-order chi connectivity index (χ0) is 23.7. The number of carboxylic acid groups (broad SMARTS) is 1. The Hall–Kier alpha value is -3.27. The van der Waals surface area contributed by atoms with Crippen LogP contribution in [-0.4, -0.2) is 34.6 Å². The highest BCUT2D eigenvalue weighted by Crippen LogP contribution is 2.31. The molecule has 32 heavy (non-hydrogen) atoms. The van der Waals surface area contributed by atoms with Crippen molar-refractivity contribution in [3.63, 3.8) is 0 Å². The van der Waals surface area contributed by atoms with Crippen molar-refractivity contribution in [2.45, 2.75) is 38.1 Å². The summed E-state index contributed by atoms with van der Waals surface area (Å²) in [7, 11) is -4.19. The lowest BCUT2D eigenvalue weighted by atomic mass is 9.83. The van der Waals surface area contributed by atoms with E-state index in [4.69, 9.17) is 0 Å². The van der Waals surface area contributed by atoms with E-state index in [9.17, 15) is 27.1 Å². The summed E-state index contributed by atoms with van der Waals surface area (Å²) in [5, 5.41) is 11.6. The SMILES string of the molecule is CC(C)(C)C(Cc1cc(-c2cc(F)ccc2F)n(S(=O)(=O)c2cccnc2)c1)NC(=O)O. The molecule has 0 bridgehead atoms. The summed E-state index contributed by atoms with van der Waals surface area (Å²) in [4.78, 5) is 15.0. The van der Waals surface area contributed by atoms with Crippen molar-refractivity contribution in [1.29, 1.82) is 0 Å². The van der Waals surface area contributed by atoms with Gasteiger partial charge in [-0.15, -0.1) is 0 Å². The van der Waals surface area contributed by atoms with Gasteiger partial charge >= 0.3 is 6.09 Å². The highest BCUT2D eigenvalue weighted by atomic mass is 32.2. The second-order valence-corrected chi connectivity index (χ2v) is 10.2. The fraction of sp³-hybridized carbons (Fsp3) is 0.273. The van der Waals surface area contributed by atoms with Gasteiger partial charge in [-0.3, -0.25) is 4.98 Å². The van der Waals surface area contributed by atoms with Crippen molar-refractivity contribution >= 4 is 16.1 Å². The molecule has 0 saturated carbocycles. The predicted octanol–water partition coefficient (Wildman–Crippen LogP) is 4.29. The quantitative estimate of drug-likeness (QED) is 0.568. The summed E-state index contributed by atoms with van der Waals surface area (Å²) in [6, 6.07) is 6.43.